The number of nitrogens with one attached hydrogen (secondary N) is 1. The molecular weight excluding hydrogens is 579 g/mol. The predicted octanol–water partition coefficient (Wildman–Crippen LogP) is 7.21. The van der Waals surface area contributed by atoms with Gasteiger partial charge in [0.2, 0.25) is 0 Å². The number of hydrogen-bond acceptors (Lipinski definition) is 4. The highest BCUT2D eigenvalue weighted by atomic mass is 35.5. The van der Waals surface area contributed by atoms with E-state index in [4.69, 9.17) is 28.2 Å². The molecule has 0 saturated carbocycles. The molecule has 1 aromatic heterocycles. The average Bonchev–Trinajstić information content (AvgIpc) is 3.48. The van der Waals surface area contributed by atoms with Gasteiger partial charge in [0.15, 0.2) is 0 Å². The largest absolute Gasteiger partial charge is 0.326 e. The lowest BCUT2D eigenvalue weighted by molar-refractivity contribution is -0.117. The minimum atomic E-state index is -3.94. The number of allylic oxidation sites excluding steroid dienone is 1. The Hall–Kier alpha value is -3.59. The highest BCUT2D eigenvalue weighted by molar-refractivity contribution is 7.92. The first-order valence-corrected chi connectivity index (χ1v) is 15.7. The second-order valence-electron chi connectivity index (χ2n) is 9.91. The third-order valence-corrected chi connectivity index (χ3v) is 8.78. The van der Waals surface area contributed by atoms with Crippen molar-refractivity contribution < 1.29 is 13.2 Å². The summed E-state index contributed by atoms with van der Waals surface area (Å²) in [6.45, 7) is 1.93. The van der Waals surface area contributed by atoms with Crippen molar-refractivity contribution >= 4 is 51.1 Å². The zero-order valence-corrected chi connectivity index (χ0v) is 24.9. The third-order valence-electron chi connectivity index (χ3n) is 6.83. The molecule has 0 radical (unpaired) electrons. The van der Waals surface area contributed by atoms with Crippen LogP contribution in [0.2, 0.25) is 10.0 Å². The summed E-state index contributed by atoms with van der Waals surface area (Å²) in [7, 11) is -3.94. The number of amides is 1. The third kappa shape index (κ3) is 6.84. The maximum absolute atomic E-state index is 12.5. The molecule has 1 saturated heterocycles. The van der Waals surface area contributed by atoms with E-state index in [1.54, 1.807) is 30.3 Å². The molecule has 5 rings (SSSR count). The zero-order chi connectivity index (χ0) is 29.0. The molecule has 3 aromatic carbocycles. The van der Waals surface area contributed by atoms with Gasteiger partial charge in [-0.3, -0.25) is 4.79 Å². The van der Waals surface area contributed by atoms with Crippen molar-refractivity contribution in [2.45, 2.75) is 39.0 Å². The molecule has 1 aliphatic rings. The Labute approximate surface area is 250 Å². The second-order valence-corrected chi connectivity index (χ2v) is 12.3. The fraction of sp³-hybridized carbons (Fsp3) is 0.226. The Bertz CT molecular complexity index is 1700. The molecule has 1 fully saturated rings. The Morgan fingerprint density at radius 3 is 2.49 bits per heavy atom. The van der Waals surface area contributed by atoms with Crippen LogP contribution in [0.15, 0.2) is 79.0 Å². The van der Waals surface area contributed by atoms with Gasteiger partial charge >= 0.3 is 10.2 Å². The maximum atomic E-state index is 12.5. The summed E-state index contributed by atoms with van der Waals surface area (Å²) >= 11 is 12.6. The fourth-order valence-electron chi connectivity index (χ4n) is 4.73. The highest BCUT2D eigenvalue weighted by Gasteiger charge is 2.34. The van der Waals surface area contributed by atoms with E-state index in [2.05, 4.69) is 43.3 Å². The molecule has 212 valence electrons. The number of benzene rings is 3. The van der Waals surface area contributed by atoms with Gasteiger partial charge in [-0.1, -0.05) is 85.5 Å². The monoisotopic (exact) mass is 608 g/mol. The molecule has 0 aliphatic carbocycles. The molecule has 0 spiro atoms. The standard InChI is InChI=1S/C31H30Cl2N4O3S/c1-2-3-4-5-6-8-22-11-13-23(14-12-22)17-30-34-29(27-16-15-24(32)18-28(27)33)20-36(30)25-9-7-10-26(19-25)37-21-31(38)35-41(37,39)40/h6-16,18-20H,2-5,17,21H2,1H3,(H,35,38). The molecule has 7 nitrogen and oxygen atoms in total. The van der Waals surface area contributed by atoms with Crippen LogP contribution in [0.1, 0.15) is 49.6 Å². The maximum Gasteiger partial charge on any atom is 0.326 e. The van der Waals surface area contributed by atoms with Crippen LogP contribution in [0.5, 0.6) is 0 Å². The molecule has 0 atom stereocenters. The number of imidazole rings is 1. The number of anilines is 1. The Morgan fingerprint density at radius 2 is 1.78 bits per heavy atom. The topological polar surface area (TPSA) is 84.3 Å². The van der Waals surface area contributed by atoms with E-state index < -0.39 is 16.1 Å². The zero-order valence-electron chi connectivity index (χ0n) is 22.6. The summed E-state index contributed by atoms with van der Waals surface area (Å²) in [6, 6.07) is 20.6. The quantitative estimate of drug-likeness (QED) is 0.193. The fourth-order valence-corrected chi connectivity index (χ4v) is 6.38. The molecule has 1 aliphatic heterocycles. The van der Waals surface area contributed by atoms with Gasteiger partial charge in [0.05, 0.1) is 16.4 Å². The molecule has 0 unspecified atom stereocenters. The van der Waals surface area contributed by atoms with E-state index in [0.717, 1.165) is 33.2 Å². The van der Waals surface area contributed by atoms with Crippen LogP contribution in [-0.4, -0.2) is 30.4 Å². The van der Waals surface area contributed by atoms with Crippen molar-refractivity contribution in [3.05, 3.63) is 106 Å². The summed E-state index contributed by atoms with van der Waals surface area (Å²) in [5.41, 5.74) is 4.67. The van der Waals surface area contributed by atoms with Crippen molar-refractivity contribution in [3.63, 3.8) is 0 Å². The summed E-state index contributed by atoms with van der Waals surface area (Å²) < 4.78 is 29.9. The summed E-state index contributed by atoms with van der Waals surface area (Å²) in [5.74, 6) is 0.169. The number of carbonyl (C=O) groups excluding carboxylic acids is 1. The lowest BCUT2D eigenvalue weighted by atomic mass is 10.1. The first-order valence-electron chi connectivity index (χ1n) is 13.5. The minimum absolute atomic E-state index is 0.270. The number of rotatable bonds is 10. The van der Waals surface area contributed by atoms with Gasteiger partial charge in [-0.25, -0.2) is 14.0 Å². The van der Waals surface area contributed by atoms with Crippen LogP contribution in [-0.2, 0) is 21.4 Å². The van der Waals surface area contributed by atoms with E-state index in [1.807, 2.05) is 27.6 Å². The van der Waals surface area contributed by atoms with Gasteiger partial charge < -0.3 is 4.57 Å². The smallest absolute Gasteiger partial charge is 0.303 e. The SMILES string of the molecule is CCCCCC=Cc1ccc(Cc2nc(-c3ccc(Cl)cc3Cl)cn2-c2cccc(N3CC(=O)NS3(=O)=O)c2)cc1. The van der Waals surface area contributed by atoms with Gasteiger partial charge in [-0.05, 0) is 60.4 Å². The molecule has 0 bridgehead atoms. The Kier molecular flexibility index (Phi) is 8.82. The van der Waals surface area contributed by atoms with Gasteiger partial charge in [0.1, 0.15) is 12.4 Å². The first-order chi connectivity index (χ1) is 19.7. The van der Waals surface area contributed by atoms with Crippen LogP contribution >= 0.6 is 23.2 Å². The number of halogens is 2. The second kappa shape index (κ2) is 12.5. The van der Waals surface area contributed by atoms with E-state index in [1.165, 1.54) is 19.3 Å². The molecule has 10 heteroatoms. The first kappa shape index (κ1) is 28.9. The summed E-state index contributed by atoms with van der Waals surface area (Å²) in [5, 5.41) is 1.01. The van der Waals surface area contributed by atoms with E-state index in [-0.39, 0.29) is 6.54 Å². The average molecular weight is 610 g/mol. The highest BCUT2D eigenvalue weighted by Crippen LogP contribution is 2.32. The number of hydrogen-bond donors (Lipinski definition) is 1. The van der Waals surface area contributed by atoms with Crippen molar-refractivity contribution in [1.29, 1.82) is 0 Å². The van der Waals surface area contributed by atoms with Crippen molar-refractivity contribution in [2.24, 2.45) is 0 Å². The van der Waals surface area contributed by atoms with Gasteiger partial charge in [0, 0.05) is 28.9 Å². The lowest BCUT2D eigenvalue weighted by Crippen LogP contribution is -2.29. The number of nitrogens with zero attached hydrogens (tertiary/aromatic N) is 3. The van der Waals surface area contributed by atoms with Crippen molar-refractivity contribution in [2.75, 3.05) is 10.8 Å². The van der Waals surface area contributed by atoms with Crippen LogP contribution in [0, 0.1) is 0 Å². The lowest BCUT2D eigenvalue weighted by Gasteiger charge is -2.16. The van der Waals surface area contributed by atoms with Gasteiger partial charge in [-0.15, -0.1) is 0 Å². The Morgan fingerprint density at radius 1 is 1.00 bits per heavy atom. The van der Waals surface area contributed by atoms with Gasteiger partial charge in [-0.2, -0.15) is 8.42 Å². The van der Waals surface area contributed by atoms with E-state index in [9.17, 15) is 13.2 Å². The minimum Gasteiger partial charge on any atom is -0.303 e. The van der Waals surface area contributed by atoms with Crippen LogP contribution in [0.4, 0.5) is 5.69 Å². The van der Waals surface area contributed by atoms with Crippen LogP contribution in [0.25, 0.3) is 23.0 Å². The summed E-state index contributed by atoms with van der Waals surface area (Å²) in [6.07, 6.45) is 11.5. The molecule has 1 amide bonds. The predicted molar refractivity (Wildman–Crippen MR) is 166 cm³/mol. The molecule has 1 N–H and O–H groups in total. The summed E-state index contributed by atoms with van der Waals surface area (Å²) in [4.78, 5) is 16.8. The molecule has 2 heterocycles. The van der Waals surface area contributed by atoms with Crippen molar-refractivity contribution in [1.82, 2.24) is 14.3 Å². The number of unbranched alkanes of at least 4 members (excludes halogenated alkanes) is 3. The normalized spacial score (nSPS) is 14.6. The van der Waals surface area contributed by atoms with Gasteiger partial charge in [0.25, 0.3) is 5.91 Å². The molecular formula is C31H30Cl2N4O3S. The van der Waals surface area contributed by atoms with Crippen LogP contribution in [0.3, 0.4) is 0 Å². The van der Waals surface area contributed by atoms with E-state index in [0.29, 0.717) is 33.5 Å². The number of carbonyl (C=O) groups is 1. The molecule has 41 heavy (non-hydrogen) atoms. The van der Waals surface area contributed by atoms with E-state index >= 15 is 0 Å². The van der Waals surface area contributed by atoms with Crippen LogP contribution < -0.4 is 9.03 Å². The molecule has 4 aromatic rings. The Balaban J connectivity index is 1.48. The van der Waals surface area contributed by atoms with Crippen molar-refractivity contribution in [3.8, 4) is 16.9 Å². The number of aromatic nitrogens is 2.